The monoisotopic (exact) mass is 267 g/mol. The summed E-state index contributed by atoms with van der Waals surface area (Å²) >= 11 is 6.04. The van der Waals surface area contributed by atoms with Crippen LogP contribution in [0.4, 0.5) is 5.69 Å². The van der Waals surface area contributed by atoms with Crippen molar-refractivity contribution in [3.8, 4) is 0 Å². The first kappa shape index (κ1) is 13.2. The van der Waals surface area contributed by atoms with Gasteiger partial charge in [-0.05, 0) is 30.5 Å². The van der Waals surface area contributed by atoms with E-state index in [1.165, 1.54) is 31.7 Å². The second kappa shape index (κ2) is 6.10. The van der Waals surface area contributed by atoms with Crippen LogP contribution >= 0.6 is 11.6 Å². The van der Waals surface area contributed by atoms with Crippen molar-refractivity contribution in [2.24, 2.45) is 5.92 Å². The van der Waals surface area contributed by atoms with E-state index in [1.807, 2.05) is 0 Å². The maximum atomic E-state index is 10.8. The van der Waals surface area contributed by atoms with Crippen molar-refractivity contribution in [2.45, 2.75) is 32.1 Å². The molecule has 0 atom stereocenters. The molecule has 18 heavy (non-hydrogen) atoms. The number of carbonyl (C=O) groups is 1. The van der Waals surface area contributed by atoms with Gasteiger partial charge in [-0.25, -0.2) is 4.79 Å². The first-order valence-electron chi connectivity index (χ1n) is 6.43. The van der Waals surface area contributed by atoms with Crippen molar-refractivity contribution < 1.29 is 9.90 Å². The van der Waals surface area contributed by atoms with Gasteiger partial charge in [0.15, 0.2) is 0 Å². The zero-order valence-electron chi connectivity index (χ0n) is 10.3. The molecular weight excluding hydrogens is 250 g/mol. The van der Waals surface area contributed by atoms with Gasteiger partial charge in [0.1, 0.15) is 0 Å². The van der Waals surface area contributed by atoms with Crippen molar-refractivity contribution >= 4 is 23.3 Å². The van der Waals surface area contributed by atoms with E-state index in [9.17, 15) is 4.79 Å². The van der Waals surface area contributed by atoms with Gasteiger partial charge in [-0.2, -0.15) is 0 Å². The smallest absolute Gasteiger partial charge is 0.335 e. The van der Waals surface area contributed by atoms with Crippen molar-refractivity contribution in [3.05, 3.63) is 28.8 Å². The summed E-state index contributed by atoms with van der Waals surface area (Å²) in [5, 5.41) is 12.6. The molecule has 1 fully saturated rings. The van der Waals surface area contributed by atoms with Crippen molar-refractivity contribution in [1.82, 2.24) is 0 Å². The molecule has 1 aliphatic carbocycles. The molecule has 0 spiro atoms. The molecule has 0 aliphatic heterocycles. The number of anilines is 1. The lowest BCUT2D eigenvalue weighted by Crippen LogP contribution is -2.07. The highest BCUT2D eigenvalue weighted by molar-refractivity contribution is 6.33. The Labute approximate surface area is 112 Å². The van der Waals surface area contributed by atoms with Gasteiger partial charge in [0.25, 0.3) is 0 Å². The number of hydrogen-bond acceptors (Lipinski definition) is 2. The van der Waals surface area contributed by atoms with Crippen LogP contribution in [-0.2, 0) is 0 Å². The lowest BCUT2D eigenvalue weighted by atomic mass is 10.0. The number of carboxylic acids is 1. The minimum atomic E-state index is -0.950. The van der Waals surface area contributed by atoms with Gasteiger partial charge in [0.2, 0.25) is 0 Å². The summed E-state index contributed by atoms with van der Waals surface area (Å²) in [6, 6.07) is 4.80. The van der Waals surface area contributed by atoms with Crippen molar-refractivity contribution in [2.75, 3.05) is 11.9 Å². The standard InChI is InChI=1S/C14H18ClNO2/c15-12-9-11(14(17)18)5-6-13(12)16-8-7-10-3-1-2-4-10/h5-6,9-10,16H,1-4,7-8H2,(H,17,18). The molecule has 4 heteroatoms. The molecule has 2 N–H and O–H groups in total. The molecule has 1 saturated carbocycles. The Morgan fingerprint density at radius 2 is 2.11 bits per heavy atom. The normalized spacial score (nSPS) is 15.8. The van der Waals surface area contributed by atoms with E-state index in [-0.39, 0.29) is 5.56 Å². The summed E-state index contributed by atoms with van der Waals surface area (Å²) in [5.41, 5.74) is 1.04. The lowest BCUT2D eigenvalue weighted by Gasteiger charge is -2.12. The molecule has 98 valence electrons. The molecule has 3 nitrogen and oxygen atoms in total. The Bertz CT molecular complexity index is 428. The fraction of sp³-hybridized carbons (Fsp3) is 0.500. The van der Waals surface area contributed by atoms with E-state index >= 15 is 0 Å². The Morgan fingerprint density at radius 3 is 2.72 bits per heavy atom. The molecule has 1 aromatic carbocycles. The zero-order chi connectivity index (χ0) is 13.0. The van der Waals surface area contributed by atoms with E-state index in [1.54, 1.807) is 12.1 Å². The molecule has 0 heterocycles. The topological polar surface area (TPSA) is 49.3 Å². The maximum absolute atomic E-state index is 10.8. The second-order valence-corrected chi connectivity index (χ2v) is 5.27. The summed E-state index contributed by atoms with van der Waals surface area (Å²) < 4.78 is 0. The van der Waals surface area contributed by atoms with Gasteiger partial charge in [-0.3, -0.25) is 0 Å². The van der Waals surface area contributed by atoms with Crippen molar-refractivity contribution in [1.29, 1.82) is 0 Å². The highest BCUT2D eigenvalue weighted by Gasteiger charge is 2.14. The van der Waals surface area contributed by atoms with E-state index in [0.29, 0.717) is 5.02 Å². The van der Waals surface area contributed by atoms with Crippen LogP contribution in [0, 0.1) is 5.92 Å². The van der Waals surface area contributed by atoms with E-state index < -0.39 is 5.97 Å². The molecule has 0 amide bonds. The highest BCUT2D eigenvalue weighted by Crippen LogP contribution is 2.28. The predicted octanol–water partition coefficient (Wildman–Crippen LogP) is 4.03. The summed E-state index contributed by atoms with van der Waals surface area (Å²) in [6.45, 7) is 0.900. The SMILES string of the molecule is O=C(O)c1ccc(NCCC2CCCC2)c(Cl)c1. The zero-order valence-corrected chi connectivity index (χ0v) is 11.0. The quantitative estimate of drug-likeness (QED) is 0.847. The fourth-order valence-corrected chi connectivity index (χ4v) is 2.75. The maximum Gasteiger partial charge on any atom is 0.335 e. The van der Waals surface area contributed by atoms with Crippen LogP contribution in [-0.4, -0.2) is 17.6 Å². The first-order chi connectivity index (χ1) is 8.66. The fourth-order valence-electron chi connectivity index (χ4n) is 2.50. The molecule has 0 aromatic heterocycles. The minimum Gasteiger partial charge on any atom is -0.478 e. The summed E-state index contributed by atoms with van der Waals surface area (Å²) in [5.74, 6) is -0.107. The van der Waals surface area contributed by atoms with Gasteiger partial charge >= 0.3 is 5.97 Å². The van der Waals surface area contributed by atoms with Crippen molar-refractivity contribution in [3.63, 3.8) is 0 Å². The molecule has 2 rings (SSSR count). The Morgan fingerprint density at radius 1 is 1.39 bits per heavy atom. The van der Waals surface area contributed by atoms with Gasteiger partial charge in [-0.1, -0.05) is 37.3 Å². The highest BCUT2D eigenvalue weighted by atomic mass is 35.5. The molecule has 0 saturated heterocycles. The summed E-state index contributed by atoms with van der Waals surface area (Å²) in [6.07, 6.45) is 6.56. The Kier molecular flexibility index (Phi) is 4.48. The van der Waals surface area contributed by atoms with Crippen LogP contribution in [0.25, 0.3) is 0 Å². The van der Waals surface area contributed by atoms with Gasteiger partial charge in [0.05, 0.1) is 16.3 Å². The average molecular weight is 268 g/mol. The third-order valence-electron chi connectivity index (χ3n) is 3.56. The molecule has 1 aliphatic rings. The Balaban J connectivity index is 1.87. The molecule has 0 unspecified atom stereocenters. The summed E-state index contributed by atoms with van der Waals surface area (Å²) in [7, 11) is 0. The van der Waals surface area contributed by atoms with E-state index in [2.05, 4.69) is 5.32 Å². The lowest BCUT2D eigenvalue weighted by molar-refractivity contribution is 0.0697. The molecular formula is C14H18ClNO2. The van der Waals surface area contributed by atoms with Gasteiger partial charge < -0.3 is 10.4 Å². The van der Waals surface area contributed by atoms with E-state index in [0.717, 1.165) is 24.6 Å². The number of hydrogen-bond donors (Lipinski definition) is 2. The van der Waals surface area contributed by atoms with Gasteiger partial charge in [0, 0.05) is 6.54 Å². The van der Waals surface area contributed by atoms with Crippen LogP contribution in [0.2, 0.25) is 5.02 Å². The molecule has 0 radical (unpaired) electrons. The summed E-state index contributed by atoms with van der Waals surface area (Å²) in [4.78, 5) is 10.8. The third kappa shape index (κ3) is 3.39. The first-order valence-corrected chi connectivity index (χ1v) is 6.81. The number of benzene rings is 1. The van der Waals surface area contributed by atoms with Crippen LogP contribution in [0.5, 0.6) is 0 Å². The molecule has 1 aromatic rings. The minimum absolute atomic E-state index is 0.223. The number of halogens is 1. The van der Waals surface area contributed by atoms with Crippen LogP contribution in [0.3, 0.4) is 0 Å². The average Bonchev–Trinajstić information content (AvgIpc) is 2.84. The number of rotatable bonds is 5. The largest absolute Gasteiger partial charge is 0.478 e. The van der Waals surface area contributed by atoms with Gasteiger partial charge in [-0.15, -0.1) is 0 Å². The molecule has 0 bridgehead atoms. The van der Waals surface area contributed by atoms with Crippen LogP contribution < -0.4 is 5.32 Å². The number of nitrogens with one attached hydrogen (secondary N) is 1. The van der Waals surface area contributed by atoms with Crippen LogP contribution in [0.1, 0.15) is 42.5 Å². The third-order valence-corrected chi connectivity index (χ3v) is 3.87. The number of carboxylic acid groups (broad SMARTS) is 1. The van der Waals surface area contributed by atoms with Crippen LogP contribution in [0.15, 0.2) is 18.2 Å². The second-order valence-electron chi connectivity index (χ2n) is 4.87. The van der Waals surface area contributed by atoms with E-state index in [4.69, 9.17) is 16.7 Å². The Hall–Kier alpha value is -1.22. The number of aromatic carboxylic acids is 1. The predicted molar refractivity (Wildman–Crippen MR) is 73.5 cm³/mol.